The zero-order chi connectivity index (χ0) is 11.1. The minimum absolute atomic E-state index is 0.167. The van der Waals surface area contributed by atoms with E-state index in [1.54, 1.807) is 0 Å². The minimum atomic E-state index is 0.167. The number of likely N-dealkylation sites (N-methyl/N-ethyl adjacent to an activating group) is 2. The Morgan fingerprint density at radius 1 is 1.40 bits per heavy atom. The lowest BCUT2D eigenvalue weighted by molar-refractivity contribution is -0.122. The number of rotatable bonds is 6. The largest absolute Gasteiger partial charge is 0.352 e. The summed E-state index contributed by atoms with van der Waals surface area (Å²) in [6.45, 7) is 2.35. The molecule has 0 saturated heterocycles. The molecule has 15 heavy (non-hydrogen) atoms. The minimum Gasteiger partial charge on any atom is -0.352 e. The molecule has 1 amide bonds. The highest BCUT2D eigenvalue weighted by atomic mass is 16.2. The predicted molar refractivity (Wildman–Crippen MR) is 61.8 cm³/mol. The molecule has 1 aliphatic carbocycles. The Morgan fingerprint density at radius 2 is 2.07 bits per heavy atom. The molecule has 0 unspecified atom stereocenters. The van der Waals surface area contributed by atoms with Gasteiger partial charge in [-0.1, -0.05) is 12.8 Å². The zero-order valence-corrected chi connectivity index (χ0v) is 9.88. The van der Waals surface area contributed by atoms with E-state index >= 15 is 0 Å². The van der Waals surface area contributed by atoms with Gasteiger partial charge in [0.15, 0.2) is 0 Å². The SMILES string of the molecule is CNCCN(C)CC(=O)NC1CCCC1. The quantitative estimate of drug-likeness (QED) is 0.662. The van der Waals surface area contributed by atoms with Crippen molar-refractivity contribution in [3.8, 4) is 0 Å². The van der Waals surface area contributed by atoms with Crippen LogP contribution in [-0.4, -0.2) is 50.6 Å². The van der Waals surface area contributed by atoms with Gasteiger partial charge in [-0.2, -0.15) is 0 Å². The van der Waals surface area contributed by atoms with Gasteiger partial charge in [0.2, 0.25) is 5.91 Å². The molecule has 4 nitrogen and oxygen atoms in total. The van der Waals surface area contributed by atoms with Crippen LogP contribution in [0.25, 0.3) is 0 Å². The lowest BCUT2D eigenvalue weighted by Gasteiger charge is -2.18. The van der Waals surface area contributed by atoms with Crippen LogP contribution in [-0.2, 0) is 4.79 Å². The summed E-state index contributed by atoms with van der Waals surface area (Å²) in [5, 5.41) is 6.16. The highest BCUT2D eigenvalue weighted by molar-refractivity contribution is 5.78. The Labute approximate surface area is 92.4 Å². The first-order valence-corrected chi connectivity index (χ1v) is 5.85. The van der Waals surface area contributed by atoms with E-state index in [0.29, 0.717) is 12.6 Å². The smallest absolute Gasteiger partial charge is 0.234 e. The number of amides is 1. The molecule has 0 aromatic carbocycles. The van der Waals surface area contributed by atoms with Crippen LogP contribution in [0.3, 0.4) is 0 Å². The van der Waals surface area contributed by atoms with Crippen molar-refractivity contribution in [3.63, 3.8) is 0 Å². The molecule has 0 heterocycles. The summed E-state index contributed by atoms with van der Waals surface area (Å²) < 4.78 is 0. The molecule has 1 fully saturated rings. The van der Waals surface area contributed by atoms with Crippen molar-refractivity contribution in [2.75, 3.05) is 33.7 Å². The Balaban J connectivity index is 2.11. The first kappa shape index (κ1) is 12.5. The van der Waals surface area contributed by atoms with Crippen LogP contribution in [0, 0.1) is 0 Å². The molecule has 0 aliphatic heterocycles. The van der Waals surface area contributed by atoms with E-state index in [1.807, 2.05) is 19.0 Å². The molecule has 0 bridgehead atoms. The molecular weight excluding hydrogens is 190 g/mol. The maximum atomic E-state index is 11.6. The van der Waals surface area contributed by atoms with E-state index < -0.39 is 0 Å². The Kier molecular flexibility index (Phi) is 5.65. The molecule has 0 aromatic rings. The lowest BCUT2D eigenvalue weighted by atomic mass is 10.2. The van der Waals surface area contributed by atoms with Crippen molar-refractivity contribution in [2.45, 2.75) is 31.7 Å². The van der Waals surface area contributed by atoms with Crippen molar-refractivity contribution in [2.24, 2.45) is 0 Å². The van der Waals surface area contributed by atoms with Gasteiger partial charge in [0, 0.05) is 19.1 Å². The summed E-state index contributed by atoms with van der Waals surface area (Å²) in [4.78, 5) is 13.6. The van der Waals surface area contributed by atoms with Crippen molar-refractivity contribution in [1.29, 1.82) is 0 Å². The van der Waals surface area contributed by atoms with Gasteiger partial charge in [0.25, 0.3) is 0 Å². The fraction of sp³-hybridized carbons (Fsp3) is 0.909. The first-order chi connectivity index (χ1) is 7.22. The van der Waals surface area contributed by atoms with Gasteiger partial charge in [-0.3, -0.25) is 9.69 Å². The molecule has 4 heteroatoms. The molecule has 2 N–H and O–H groups in total. The average Bonchev–Trinajstić information content (AvgIpc) is 2.67. The van der Waals surface area contributed by atoms with Gasteiger partial charge in [-0.05, 0) is 26.9 Å². The predicted octanol–water partition coefficient (Wildman–Crippen LogP) is 0.196. The molecular formula is C11H23N3O. The molecule has 1 aliphatic rings. The third-order valence-electron chi connectivity index (χ3n) is 2.88. The van der Waals surface area contributed by atoms with Gasteiger partial charge < -0.3 is 10.6 Å². The van der Waals surface area contributed by atoms with Gasteiger partial charge in [0.1, 0.15) is 0 Å². The van der Waals surface area contributed by atoms with Crippen molar-refractivity contribution in [3.05, 3.63) is 0 Å². The molecule has 0 radical (unpaired) electrons. The molecule has 0 spiro atoms. The van der Waals surface area contributed by atoms with E-state index in [-0.39, 0.29) is 5.91 Å². The standard InChI is InChI=1S/C11H23N3O/c1-12-7-8-14(2)9-11(15)13-10-5-3-4-6-10/h10,12H,3-9H2,1-2H3,(H,13,15). The van der Waals surface area contributed by atoms with E-state index in [0.717, 1.165) is 25.9 Å². The molecule has 1 rings (SSSR count). The fourth-order valence-electron chi connectivity index (χ4n) is 1.97. The normalized spacial score (nSPS) is 17.3. The molecule has 0 aromatic heterocycles. The van der Waals surface area contributed by atoms with E-state index in [9.17, 15) is 4.79 Å². The molecule has 1 saturated carbocycles. The van der Waals surface area contributed by atoms with Gasteiger partial charge in [0.05, 0.1) is 6.54 Å². The third kappa shape index (κ3) is 5.14. The Bertz CT molecular complexity index is 190. The van der Waals surface area contributed by atoms with Crippen LogP contribution in [0.4, 0.5) is 0 Å². The summed E-state index contributed by atoms with van der Waals surface area (Å²) in [5.41, 5.74) is 0. The van der Waals surface area contributed by atoms with Crippen LogP contribution >= 0.6 is 0 Å². The zero-order valence-electron chi connectivity index (χ0n) is 9.88. The van der Waals surface area contributed by atoms with Crippen LogP contribution < -0.4 is 10.6 Å². The summed E-state index contributed by atoms with van der Waals surface area (Å²) in [5.74, 6) is 0.167. The highest BCUT2D eigenvalue weighted by Crippen LogP contribution is 2.17. The topological polar surface area (TPSA) is 44.4 Å². The average molecular weight is 213 g/mol. The third-order valence-corrected chi connectivity index (χ3v) is 2.88. The number of carbonyl (C=O) groups is 1. The lowest BCUT2D eigenvalue weighted by Crippen LogP contribution is -2.41. The fourth-order valence-corrected chi connectivity index (χ4v) is 1.97. The maximum Gasteiger partial charge on any atom is 0.234 e. The Morgan fingerprint density at radius 3 is 2.67 bits per heavy atom. The summed E-state index contributed by atoms with van der Waals surface area (Å²) >= 11 is 0. The summed E-state index contributed by atoms with van der Waals surface area (Å²) in [6.07, 6.45) is 4.85. The van der Waals surface area contributed by atoms with Gasteiger partial charge in [-0.15, -0.1) is 0 Å². The van der Waals surface area contributed by atoms with Crippen molar-refractivity contribution in [1.82, 2.24) is 15.5 Å². The van der Waals surface area contributed by atoms with Crippen molar-refractivity contribution >= 4 is 5.91 Å². The number of carbonyl (C=O) groups excluding carboxylic acids is 1. The van der Waals surface area contributed by atoms with Crippen molar-refractivity contribution < 1.29 is 4.79 Å². The van der Waals surface area contributed by atoms with E-state index in [2.05, 4.69) is 10.6 Å². The Hall–Kier alpha value is -0.610. The number of nitrogens with zero attached hydrogens (tertiary/aromatic N) is 1. The second-order valence-electron chi connectivity index (χ2n) is 4.39. The van der Waals surface area contributed by atoms with E-state index in [1.165, 1.54) is 12.8 Å². The van der Waals surface area contributed by atoms with Crippen LogP contribution in [0.2, 0.25) is 0 Å². The molecule has 0 atom stereocenters. The second kappa shape index (κ2) is 6.80. The number of hydrogen-bond donors (Lipinski definition) is 2. The summed E-state index contributed by atoms with van der Waals surface area (Å²) in [6, 6.07) is 0.440. The van der Waals surface area contributed by atoms with Crippen LogP contribution in [0.15, 0.2) is 0 Å². The van der Waals surface area contributed by atoms with Gasteiger partial charge >= 0.3 is 0 Å². The second-order valence-corrected chi connectivity index (χ2v) is 4.39. The number of nitrogens with one attached hydrogen (secondary N) is 2. The number of hydrogen-bond acceptors (Lipinski definition) is 3. The maximum absolute atomic E-state index is 11.6. The molecule has 88 valence electrons. The van der Waals surface area contributed by atoms with Gasteiger partial charge in [-0.25, -0.2) is 0 Å². The highest BCUT2D eigenvalue weighted by Gasteiger charge is 2.17. The summed E-state index contributed by atoms with van der Waals surface area (Å²) in [7, 11) is 3.90. The monoisotopic (exact) mass is 213 g/mol. The van der Waals surface area contributed by atoms with E-state index in [4.69, 9.17) is 0 Å². The van der Waals surface area contributed by atoms with Crippen LogP contribution in [0.5, 0.6) is 0 Å². The first-order valence-electron chi connectivity index (χ1n) is 5.85. The van der Waals surface area contributed by atoms with Crippen LogP contribution in [0.1, 0.15) is 25.7 Å².